The Bertz CT molecular complexity index is 175. The van der Waals surface area contributed by atoms with Gasteiger partial charge >= 0.3 is 0 Å². The number of piperidine rings is 1. The highest BCUT2D eigenvalue weighted by Gasteiger charge is 2.20. The minimum Gasteiger partial charge on any atom is -0.380 e. The second kappa shape index (κ2) is 8.04. The van der Waals surface area contributed by atoms with Crippen LogP contribution >= 0.6 is 0 Å². The zero-order chi connectivity index (χ0) is 11.8. The summed E-state index contributed by atoms with van der Waals surface area (Å²) >= 11 is 0. The zero-order valence-electron chi connectivity index (χ0n) is 11.2. The SMILES string of the molecule is CCOCC(C)NCC1CCCCN1CC. The lowest BCUT2D eigenvalue weighted by Gasteiger charge is -2.35. The second-order valence-electron chi connectivity index (χ2n) is 4.75. The molecule has 2 atom stereocenters. The first kappa shape index (κ1) is 13.9. The van der Waals surface area contributed by atoms with Crippen LogP contribution in [0.5, 0.6) is 0 Å². The number of hydrogen-bond acceptors (Lipinski definition) is 3. The first-order valence-electron chi connectivity index (χ1n) is 6.83. The van der Waals surface area contributed by atoms with Crippen molar-refractivity contribution in [3.8, 4) is 0 Å². The van der Waals surface area contributed by atoms with E-state index in [0.717, 1.165) is 25.8 Å². The van der Waals surface area contributed by atoms with E-state index in [1.807, 2.05) is 6.92 Å². The molecule has 0 aromatic heterocycles. The number of hydrogen-bond donors (Lipinski definition) is 1. The van der Waals surface area contributed by atoms with Crippen LogP contribution in [0.25, 0.3) is 0 Å². The van der Waals surface area contributed by atoms with Gasteiger partial charge in [-0.2, -0.15) is 0 Å². The molecule has 0 aliphatic carbocycles. The van der Waals surface area contributed by atoms with Crippen LogP contribution in [-0.2, 0) is 4.74 Å². The van der Waals surface area contributed by atoms with E-state index in [4.69, 9.17) is 4.74 Å². The van der Waals surface area contributed by atoms with Crippen LogP contribution < -0.4 is 5.32 Å². The minimum absolute atomic E-state index is 0.473. The Labute approximate surface area is 101 Å². The summed E-state index contributed by atoms with van der Waals surface area (Å²) in [6.07, 6.45) is 4.11. The lowest BCUT2D eigenvalue weighted by atomic mass is 10.0. The van der Waals surface area contributed by atoms with Gasteiger partial charge in [0, 0.05) is 25.2 Å². The normalized spacial score (nSPS) is 24.6. The fourth-order valence-corrected chi connectivity index (χ4v) is 2.40. The molecular formula is C13H28N2O. The van der Waals surface area contributed by atoms with Crippen molar-refractivity contribution in [2.45, 2.75) is 52.1 Å². The number of likely N-dealkylation sites (N-methyl/N-ethyl adjacent to an activating group) is 1. The Morgan fingerprint density at radius 1 is 1.38 bits per heavy atom. The number of ether oxygens (including phenoxy) is 1. The summed E-state index contributed by atoms with van der Waals surface area (Å²) in [7, 11) is 0. The lowest BCUT2D eigenvalue weighted by molar-refractivity contribution is 0.114. The molecule has 1 saturated heterocycles. The van der Waals surface area contributed by atoms with E-state index < -0.39 is 0 Å². The summed E-state index contributed by atoms with van der Waals surface area (Å²) in [5, 5.41) is 3.58. The van der Waals surface area contributed by atoms with Gasteiger partial charge in [-0.25, -0.2) is 0 Å². The van der Waals surface area contributed by atoms with Crippen LogP contribution in [0, 0.1) is 0 Å². The molecule has 1 heterocycles. The van der Waals surface area contributed by atoms with Gasteiger partial charge in [0.15, 0.2) is 0 Å². The molecule has 2 unspecified atom stereocenters. The predicted molar refractivity (Wildman–Crippen MR) is 68.8 cm³/mol. The Kier molecular flexibility index (Phi) is 7.01. The molecule has 0 radical (unpaired) electrons. The standard InChI is InChI=1S/C13H28N2O/c1-4-15-9-7-6-8-13(15)10-14-12(3)11-16-5-2/h12-14H,4-11H2,1-3H3. The molecule has 0 bridgehead atoms. The summed E-state index contributed by atoms with van der Waals surface area (Å²) < 4.78 is 5.41. The molecule has 0 aromatic carbocycles. The van der Waals surface area contributed by atoms with E-state index in [1.165, 1.54) is 32.4 Å². The highest BCUT2D eigenvalue weighted by molar-refractivity contribution is 4.79. The molecule has 1 N–H and O–H groups in total. The molecule has 0 saturated carbocycles. The van der Waals surface area contributed by atoms with Crippen molar-refractivity contribution in [1.82, 2.24) is 10.2 Å². The van der Waals surface area contributed by atoms with E-state index >= 15 is 0 Å². The van der Waals surface area contributed by atoms with E-state index in [9.17, 15) is 0 Å². The van der Waals surface area contributed by atoms with Crippen LogP contribution in [0.3, 0.4) is 0 Å². The molecule has 0 amide bonds. The van der Waals surface area contributed by atoms with E-state index in [1.54, 1.807) is 0 Å². The topological polar surface area (TPSA) is 24.5 Å². The third-order valence-electron chi connectivity index (χ3n) is 3.43. The van der Waals surface area contributed by atoms with Crippen molar-refractivity contribution in [3.63, 3.8) is 0 Å². The highest BCUT2D eigenvalue weighted by Crippen LogP contribution is 2.15. The molecule has 1 fully saturated rings. The van der Waals surface area contributed by atoms with Crippen LogP contribution in [0.2, 0.25) is 0 Å². The van der Waals surface area contributed by atoms with Gasteiger partial charge in [0.2, 0.25) is 0 Å². The first-order valence-corrected chi connectivity index (χ1v) is 6.83. The minimum atomic E-state index is 0.473. The number of likely N-dealkylation sites (tertiary alicyclic amines) is 1. The summed E-state index contributed by atoms with van der Waals surface area (Å²) in [5.74, 6) is 0. The number of rotatable bonds is 7. The molecule has 16 heavy (non-hydrogen) atoms. The Hall–Kier alpha value is -0.120. The van der Waals surface area contributed by atoms with Crippen molar-refractivity contribution in [3.05, 3.63) is 0 Å². The number of nitrogens with one attached hydrogen (secondary N) is 1. The van der Waals surface area contributed by atoms with Gasteiger partial charge in [0.05, 0.1) is 6.61 Å². The van der Waals surface area contributed by atoms with Crippen molar-refractivity contribution >= 4 is 0 Å². The average molecular weight is 228 g/mol. The van der Waals surface area contributed by atoms with Gasteiger partial charge in [0.25, 0.3) is 0 Å². The van der Waals surface area contributed by atoms with E-state index in [0.29, 0.717) is 6.04 Å². The van der Waals surface area contributed by atoms with E-state index in [-0.39, 0.29) is 0 Å². The van der Waals surface area contributed by atoms with Crippen LogP contribution in [0.1, 0.15) is 40.0 Å². The predicted octanol–water partition coefficient (Wildman–Crippen LogP) is 1.88. The zero-order valence-corrected chi connectivity index (χ0v) is 11.2. The summed E-state index contributed by atoms with van der Waals surface area (Å²) in [6, 6.07) is 1.21. The molecule has 0 aromatic rings. The van der Waals surface area contributed by atoms with Gasteiger partial charge in [-0.15, -0.1) is 0 Å². The van der Waals surface area contributed by atoms with Crippen LogP contribution in [0.15, 0.2) is 0 Å². The van der Waals surface area contributed by atoms with Crippen LogP contribution in [-0.4, -0.2) is 49.8 Å². The maximum absolute atomic E-state index is 5.41. The molecule has 3 heteroatoms. The molecule has 1 rings (SSSR count). The smallest absolute Gasteiger partial charge is 0.0616 e. The molecule has 0 spiro atoms. The monoisotopic (exact) mass is 228 g/mol. The third-order valence-corrected chi connectivity index (χ3v) is 3.43. The Morgan fingerprint density at radius 2 is 2.19 bits per heavy atom. The summed E-state index contributed by atoms with van der Waals surface area (Å²) in [5.41, 5.74) is 0. The summed E-state index contributed by atoms with van der Waals surface area (Å²) in [6.45, 7) is 11.7. The lowest BCUT2D eigenvalue weighted by Crippen LogP contribution is -2.47. The van der Waals surface area contributed by atoms with Gasteiger partial charge < -0.3 is 10.1 Å². The molecular weight excluding hydrogens is 200 g/mol. The first-order chi connectivity index (χ1) is 7.77. The van der Waals surface area contributed by atoms with E-state index in [2.05, 4.69) is 24.1 Å². The Balaban J connectivity index is 2.18. The van der Waals surface area contributed by atoms with Crippen molar-refractivity contribution in [2.24, 2.45) is 0 Å². The highest BCUT2D eigenvalue weighted by atomic mass is 16.5. The van der Waals surface area contributed by atoms with Gasteiger partial charge in [0.1, 0.15) is 0 Å². The molecule has 1 aliphatic heterocycles. The van der Waals surface area contributed by atoms with Gasteiger partial charge in [-0.1, -0.05) is 13.3 Å². The average Bonchev–Trinajstić information content (AvgIpc) is 2.34. The van der Waals surface area contributed by atoms with Crippen LogP contribution in [0.4, 0.5) is 0 Å². The molecule has 3 nitrogen and oxygen atoms in total. The van der Waals surface area contributed by atoms with Crippen molar-refractivity contribution in [1.29, 1.82) is 0 Å². The van der Waals surface area contributed by atoms with Gasteiger partial charge in [-0.3, -0.25) is 4.90 Å². The third kappa shape index (κ3) is 4.81. The molecule has 96 valence electrons. The number of nitrogens with zero attached hydrogens (tertiary/aromatic N) is 1. The fourth-order valence-electron chi connectivity index (χ4n) is 2.40. The fraction of sp³-hybridized carbons (Fsp3) is 1.00. The summed E-state index contributed by atoms with van der Waals surface area (Å²) in [4.78, 5) is 2.60. The van der Waals surface area contributed by atoms with Crippen molar-refractivity contribution in [2.75, 3.05) is 32.8 Å². The molecule has 1 aliphatic rings. The Morgan fingerprint density at radius 3 is 2.88 bits per heavy atom. The van der Waals surface area contributed by atoms with Crippen molar-refractivity contribution < 1.29 is 4.74 Å². The maximum Gasteiger partial charge on any atom is 0.0616 e. The largest absolute Gasteiger partial charge is 0.380 e. The second-order valence-corrected chi connectivity index (χ2v) is 4.75. The van der Waals surface area contributed by atoms with Gasteiger partial charge in [-0.05, 0) is 39.8 Å². The maximum atomic E-state index is 5.41. The quantitative estimate of drug-likeness (QED) is 0.720.